The zero-order valence-corrected chi connectivity index (χ0v) is 16.5. The zero-order chi connectivity index (χ0) is 21.7. The molecule has 0 saturated heterocycles. The summed E-state index contributed by atoms with van der Waals surface area (Å²) in [5.74, 6) is -1.73. The maximum Gasteiger partial charge on any atom is 0.513 e. The molecule has 0 saturated carbocycles. The summed E-state index contributed by atoms with van der Waals surface area (Å²) >= 11 is 0. The molecule has 1 aromatic carbocycles. The minimum absolute atomic E-state index is 0.00208. The summed E-state index contributed by atoms with van der Waals surface area (Å²) in [6.07, 6.45) is -1.46. The van der Waals surface area contributed by atoms with Gasteiger partial charge in [0.25, 0.3) is 5.69 Å². The van der Waals surface area contributed by atoms with Gasteiger partial charge in [-0.2, -0.15) is 0 Å². The molecule has 3 N–H and O–H groups in total. The number of benzene rings is 1. The molecular formula is C19H23N3O7. The van der Waals surface area contributed by atoms with E-state index in [-0.39, 0.29) is 28.3 Å². The van der Waals surface area contributed by atoms with Gasteiger partial charge in [0.2, 0.25) is 5.91 Å². The minimum atomic E-state index is -1.11. The number of nitro groups is 1. The Hall–Kier alpha value is -3.40. The van der Waals surface area contributed by atoms with Gasteiger partial charge in [-0.25, -0.2) is 4.79 Å². The third kappa shape index (κ3) is 4.72. The van der Waals surface area contributed by atoms with Crippen LogP contribution >= 0.6 is 0 Å². The van der Waals surface area contributed by atoms with Crippen molar-refractivity contribution in [2.45, 2.75) is 32.8 Å². The van der Waals surface area contributed by atoms with Crippen molar-refractivity contribution in [3.05, 3.63) is 62.7 Å². The highest BCUT2D eigenvalue weighted by Gasteiger charge is 2.39. The van der Waals surface area contributed by atoms with Crippen LogP contribution in [0, 0.1) is 10.1 Å². The van der Waals surface area contributed by atoms with Crippen molar-refractivity contribution >= 4 is 17.7 Å². The minimum Gasteiger partial charge on any atom is -0.431 e. The van der Waals surface area contributed by atoms with Gasteiger partial charge in [-0.3, -0.25) is 14.9 Å². The van der Waals surface area contributed by atoms with Gasteiger partial charge in [-0.1, -0.05) is 18.2 Å². The van der Waals surface area contributed by atoms with E-state index in [0.29, 0.717) is 5.70 Å². The molecule has 1 heterocycles. The summed E-state index contributed by atoms with van der Waals surface area (Å²) < 4.78 is 10.4. The third-order valence-corrected chi connectivity index (χ3v) is 4.18. The number of carbonyl (C=O) groups is 2. The average Bonchev–Trinajstić information content (AvgIpc) is 2.67. The Morgan fingerprint density at radius 3 is 2.55 bits per heavy atom. The molecule has 10 heteroatoms. The van der Waals surface area contributed by atoms with Gasteiger partial charge in [0.1, 0.15) is 5.76 Å². The number of amides is 1. The van der Waals surface area contributed by atoms with Crippen LogP contribution in [0.4, 0.5) is 10.5 Å². The number of ether oxygens (including phenoxy) is 2. The van der Waals surface area contributed by atoms with E-state index in [2.05, 4.69) is 10.6 Å². The number of nitrogens with one attached hydrogen (secondary N) is 2. The molecule has 1 amide bonds. The van der Waals surface area contributed by atoms with Gasteiger partial charge in [-0.05, 0) is 20.8 Å². The summed E-state index contributed by atoms with van der Waals surface area (Å²) in [7, 11) is 1.39. The lowest BCUT2D eigenvalue weighted by Gasteiger charge is -2.31. The number of aliphatic hydroxyl groups is 1. The molecule has 1 aromatic rings. The Balaban J connectivity index is 2.70. The maximum atomic E-state index is 12.6. The number of nitrogens with zero attached hydrogens (tertiary/aromatic N) is 1. The molecule has 0 bridgehead atoms. The molecule has 1 aliphatic rings. The highest BCUT2D eigenvalue weighted by atomic mass is 16.7. The van der Waals surface area contributed by atoms with Gasteiger partial charge in [0.15, 0.2) is 0 Å². The molecule has 1 atom stereocenters. The zero-order valence-electron chi connectivity index (χ0n) is 16.5. The van der Waals surface area contributed by atoms with Gasteiger partial charge >= 0.3 is 6.16 Å². The van der Waals surface area contributed by atoms with E-state index < -0.39 is 35.6 Å². The van der Waals surface area contributed by atoms with Crippen molar-refractivity contribution in [1.29, 1.82) is 0 Å². The van der Waals surface area contributed by atoms with Crippen LogP contribution in [0.25, 0.3) is 0 Å². The lowest BCUT2D eigenvalue weighted by atomic mass is 9.83. The number of nitro benzene ring substituents is 1. The first-order valence-corrected chi connectivity index (χ1v) is 8.86. The van der Waals surface area contributed by atoms with Crippen LogP contribution in [0.15, 0.2) is 47.0 Å². The van der Waals surface area contributed by atoms with E-state index in [4.69, 9.17) is 9.47 Å². The van der Waals surface area contributed by atoms with Gasteiger partial charge < -0.3 is 25.2 Å². The molecule has 0 spiro atoms. The lowest BCUT2D eigenvalue weighted by Crippen LogP contribution is -2.36. The quantitative estimate of drug-likeness (QED) is 0.371. The Labute approximate surface area is 167 Å². The van der Waals surface area contributed by atoms with Crippen LogP contribution in [0.2, 0.25) is 0 Å². The molecule has 10 nitrogen and oxygen atoms in total. The lowest BCUT2D eigenvalue weighted by molar-refractivity contribution is -0.385. The summed E-state index contributed by atoms with van der Waals surface area (Å²) in [6, 6.07) is 5.82. The number of likely N-dealkylation sites (N-methyl/N-ethyl adjacent to an activating group) is 1. The molecule has 1 unspecified atom stereocenters. The van der Waals surface area contributed by atoms with E-state index in [1.807, 2.05) is 0 Å². The highest BCUT2D eigenvalue weighted by molar-refractivity contribution is 5.97. The topological polar surface area (TPSA) is 140 Å². The summed E-state index contributed by atoms with van der Waals surface area (Å²) in [6.45, 7) is 4.32. The number of hydrogen-bond donors (Lipinski definition) is 3. The molecule has 0 fully saturated rings. The fourth-order valence-corrected chi connectivity index (χ4v) is 3.04. The van der Waals surface area contributed by atoms with Gasteiger partial charge in [-0.15, -0.1) is 0 Å². The first kappa shape index (κ1) is 21.9. The predicted octanol–water partition coefficient (Wildman–Crippen LogP) is 2.07. The number of aliphatic hydroxyl groups excluding tert-OH is 1. The Morgan fingerprint density at radius 2 is 2.00 bits per heavy atom. The van der Waals surface area contributed by atoms with Crippen LogP contribution < -0.4 is 10.6 Å². The molecule has 29 heavy (non-hydrogen) atoms. The van der Waals surface area contributed by atoms with E-state index >= 15 is 0 Å². The van der Waals surface area contributed by atoms with E-state index in [1.165, 1.54) is 25.2 Å². The molecule has 2 rings (SSSR count). The molecule has 1 aliphatic heterocycles. The monoisotopic (exact) mass is 405 g/mol. The number of para-hydroxylation sites is 1. The Bertz CT molecular complexity index is 890. The smallest absolute Gasteiger partial charge is 0.431 e. The highest BCUT2D eigenvalue weighted by Crippen LogP contribution is 2.42. The van der Waals surface area contributed by atoms with Crippen LogP contribution in [0.1, 0.15) is 32.3 Å². The molecule has 0 aromatic heterocycles. The fraction of sp³-hybridized carbons (Fsp3) is 0.368. The number of allylic oxidation sites excluding steroid dienone is 2. The van der Waals surface area contributed by atoms with Crippen molar-refractivity contribution in [2.75, 3.05) is 13.7 Å². The van der Waals surface area contributed by atoms with Crippen LogP contribution in [-0.2, 0) is 14.3 Å². The average molecular weight is 405 g/mol. The molecule has 0 aliphatic carbocycles. The first-order valence-electron chi connectivity index (χ1n) is 8.86. The first-order chi connectivity index (χ1) is 13.7. The second-order valence-corrected chi connectivity index (χ2v) is 6.51. The Morgan fingerprint density at radius 1 is 1.34 bits per heavy atom. The maximum absolute atomic E-state index is 12.6. The summed E-state index contributed by atoms with van der Waals surface area (Å²) in [4.78, 5) is 35.8. The Kier molecular flexibility index (Phi) is 6.94. The molecule has 156 valence electrons. The van der Waals surface area contributed by atoms with E-state index in [9.17, 15) is 24.8 Å². The van der Waals surface area contributed by atoms with E-state index in [0.717, 1.165) is 0 Å². The van der Waals surface area contributed by atoms with Crippen LogP contribution in [0.5, 0.6) is 0 Å². The van der Waals surface area contributed by atoms with Crippen LogP contribution in [-0.4, -0.2) is 41.9 Å². The predicted molar refractivity (Wildman–Crippen MR) is 103 cm³/mol. The summed E-state index contributed by atoms with van der Waals surface area (Å²) in [5, 5.41) is 26.6. The van der Waals surface area contributed by atoms with Crippen molar-refractivity contribution in [3.8, 4) is 0 Å². The molecular weight excluding hydrogens is 382 g/mol. The van der Waals surface area contributed by atoms with Crippen molar-refractivity contribution in [1.82, 2.24) is 10.6 Å². The number of hydrogen-bond acceptors (Lipinski definition) is 8. The number of carbonyl (C=O) groups excluding carboxylic acids is 2. The fourth-order valence-electron chi connectivity index (χ4n) is 3.04. The SMILES string of the molecule is CNC(=O)C1=C(CO)NC(C)=C(OC(=O)OC(C)C)C1c1ccccc1[N+](=O)[O-]. The second-order valence-electron chi connectivity index (χ2n) is 6.51. The van der Waals surface area contributed by atoms with E-state index in [1.54, 1.807) is 26.8 Å². The molecule has 0 radical (unpaired) electrons. The third-order valence-electron chi connectivity index (χ3n) is 4.18. The van der Waals surface area contributed by atoms with Crippen molar-refractivity contribution in [2.24, 2.45) is 0 Å². The largest absolute Gasteiger partial charge is 0.513 e. The second kappa shape index (κ2) is 9.20. The number of dihydropyridines is 1. The number of rotatable bonds is 6. The normalized spacial score (nSPS) is 16.4. The van der Waals surface area contributed by atoms with Crippen molar-refractivity contribution in [3.63, 3.8) is 0 Å². The van der Waals surface area contributed by atoms with Gasteiger partial charge in [0.05, 0.1) is 40.5 Å². The van der Waals surface area contributed by atoms with Gasteiger partial charge in [0, 0.05) is 18.7 Å². The standard InChI is InChI=1S/C19H23N3O7/c1-10(2)28-19(25)29-17-11(3)21-13(9-23)16(18(24)20-4)15(17)12-7-5-6-8-14(12)22(26)27/h5-8,10,15,21,23H,9H2,1-4H3,(H,20,24). The summed E-state index contributed by atoms with van der Waals surface area (Å²) in [5.41, 5.74) is 0.335. The van der Waals surface area contributed by atoms with Crippen LogP contribution in [0.3, 0.4) is 0 Å². The van der Waals surface area contributed by atoms with Crippen molar-refractivity contribution < 1.29 is 29.1 Å².